The fourth-order valence-corrected chi connectivity index (χ4v) is 2.19. The van der Waals surface area contributed by atoms with Crippen LogP contribution in [0.15, 0.2) is 24.3 Å². The van der Waals surface area contributed by atoms with Crippen LogP contribution in [-0.2, 0) is 0 Å². The number of benzene rings is 1. The third-order valence-corrected chi connectivity index (χ3v) is 3.17. The average Bonchev–Trinajstić information content (AvgIpc) is 2.45. The Morgan fingerprint density at radius 3 is 2.74 bits per heavy atom. The zero-order chi connectivity index (χ0) is 13.5. The minimum atomic E-state index is -0.959. The zero-order valence-electron chi connectivity index (χ0n) is 11.0. The number of nitrogens with zero attached hydrogens (tertiary/aromatic N) is 1. The lowest BCUT2D eigenvalue weighted by molar-refractivity contribution is 0.0691. The second-order valence-electron chi connectivity index (χ2n) is 4.61. The molecule has 0 amide bonds. The first-order chi connectivity index (χ1) is 9.27. The number of hydrogen-bond donors (Lipinski definition) is 2. The van der Waals surface area contributed by atoms with Crippen LogP contribution in [0.1, 0.15) is 29.6 Å². The summed E-state index contributed by atoms with van der Waals surface area (Å²) in [6, 6.07) is 6.71. The van der Waals surface area contributed by atoms with Gasteiger partial charge in [-0.1, -0.05) is 18.6 Å². The number of hydrogen-bond acceptors (Lipinski definition) is 4. The fourth-order valence-electron chi connectivity index (χ4n) is 2.19. The number of rotatable bonds is 6. The average molecular weight is 264 g/mol. The van der Waals surface area contributed by atoms with Crippen molar-refractivity contribution in [2.45, 2.75) is 19.3 Å². The maximum atomic E-state index is 11.0. The van der Waals surface area contributed by atoms with Crippen LogP contribution in [0, 0.1) is 0 Å². The van der Waals surface area contributed by atoms with Gasteiger partial charge in [0.2, 0.25) is 0 Å². The number of carbonyl (C=O) groups is 1. The van der Waals surface area contributed by atoms with E-state index in [2.05, 4.69) is 10.4 Å². The number of aromatic carboxylic acids is 1. The number of carboxylic acid groups (broad SMARTS) is 1. The summed E-state index contributed by atoms with van der Waals surface area (Å²) >= 11 is 0. The summed E-state index contributed by atoms with van der Waals surface area (Å²) in [5, 5.41) is 11.2. The molecule has 0 aromatic heterocycles. The summed E-state index contributed by atoms with van der Waals surface area (Å²) in [6.45, 7) is 3.30. The van der Waals surface area contributed by atoms with Crippen molar-refractivity contribution in [3.05, 3.63) is 29.8 Å². The van der Waals surface area contributed by atoms with Gasteiger partial charge in [-0.3, -0.25) is 5.43 Å². The first-order valence-electron chi connectivity index (χ1n) is 6.71. The molecule has 1 aliphatic rings. The van der Waals surface area contributed by atoms with Crippen LogP contribution in [0.25, 0.3) is 0 Å². The lowest BCUT2D eigenvalue weighted by Gasteiger charge is -2.27. The van der Waals surface area contributed by atoms with E-state index in [1.54, 1.807) is 24.3 Å². The maximum absolute atomic E-state index is 11.0. The Morgan fingerprint density at radius 1 is 1.26 bits per heavy atom. The lowest BCUT2D eigenvalue weighted by Crippen LogP contribution is -2.43. The molecule has 1 heterocycles. The summed E-state index contributed by atoms with van der Waals surface area (Å²) in [5.74, 6) is -0.532. The van der Waals surface area contributed by atoms with E-state index < -0.39 is 5.97 Å². The van der Waals surface area contributed by atoms with Gasteiger partial charge in [-0.25, -0.2) is 9.80 Å². The molecule has 0 saturated carbocycles. The van der Waals surface area contributed by atoms with Gasteiger partial charge < -0.3 is 9.84 Å². The molecule has 1 saturated heterocycles. The molecule has 1 aromatic rings. The Kier molecular flexibility index (Phi) is 5.18. The summed E-state index contributed by atoms with van der Waals surface area (Å²) < 4.78 is 5.52. The van der Waals surface area contributed by atoms with E-state index in [0.29, 0.717) is 18.9 Å². The van der Waals surface area contributed by atoms with Crippen LogP contribution in [0.4, 0.5) is 0 Å². The molecule has 5 heteroatoms. The zero-order valence-corrected chi connectivity index (χ0v) is 11.0. The Hall–Kier alpha value is -1.59. The molecular weight excluding hydrogens is 244 g/mol. The number of ether oxygens (including phenoxy) is 1. The fraction of sp³-hybridized carbons (Fsp3) is 0.500. The Balaban J connectivity index is 1.74. The third kappa shape index (κ3) is 4.22. The normalized spacial score (nSPS) is 16.2. The van der Waals surface area contributed by atoms with E-state index in [9.17, 15) is 4.79 Å². The highest BCUT2D eigenvalue weighted by Crippen LogP contribution is 2.17. The van der Waals surface area contributed by atoms with Crippen molar-refractivity contribution in [1.29, 1.82) is 0 Å². The second kappa shape index (κ2) is 7.11. The smallest absolute Gasteiger partial charge is 0.339 e. The molecule has 0 aliphatic carbocycles. The van der Waals surface area contributed by atoms with E-state index in [0.717, 1.165) is 13.1 Å². The highest BCUT2D eigenvalue weighted by molar-refractivity contribution is 5.90. The van der Waals surface area contributed by atoms with Gasteiger partial charge in [-0.2, -0.15) is 0 Å². The van der Waals surface area contributed by atoms with Crippen molar-refractivity contribution >= 4 is 5.97 Å². The van der Waals surface area contributed by atoms with Crippen molar-refractivity contribution in [1.82, 2.24) is 10.4 Å². The molecule has 0 radical (unpaired) electrons. The molecule has 2 rings (SSSR count). The number of nitrogens with one attached hydrogen (secondary N) is 1. The van der Waals surface area contributed by atoms with Gasteiger partial charge in [0, 0.05) is 19.6 Å². The van der Waals surface area contributed by atoms with E-state index in [4.69, 9.17) is 9.84 Å². The Bertz CT molecular complexity index is 417. The van der Waals surface area contributed by atoms with Crippen LogP contribution in [-0.4, -0.2) is 42.3 Å². The number of hydrazine groups is 1. The third-order valence-electron chi connectivity index (χ3n) is 3.17. The van der Waals surface area contributed by atoms with Crippen LogP contribution < -0.4 is 10.2 Å². The molecule has 0 atom stereocenters. The first kappa shape index (κ1) is 13.8. The van der Waals surface area contributed by atoms with Gasteiger partial charge >= 0.3 is 5.97 Å². The van der Waals surface area contributed by atoms with Crippen molar-refractivity contribution < 1.29 is 14.6 Å². The summed E-state index contributed by atoms with van der Waals surface area (Å²) in [6.07, 6.45) is 3.77. The quantitative estimate of drug-likeness (QED) is 0.767. The molecular formula is C14H20N2O3. The largest absolute Gasteiger partial charge is 0.491 e. The maximum Gasteiger partial charge on any atom is 0.339 e. The molecule has 5 nitrogen and oxygen atoms in total. The second-order valence-corrected chi connectivity index (χ2v) is 4.61. The van der Waals surface area contributed by atoms with Crippen molar-refractivity contribution in [2.24, 2.45) is 0 Å². The number of piperidine rings is 1. The van der Waals surface area contributed by atoms with Crippen LogP contribution in [0.5, 0.6) is 5.75 Å². The minimum absolute atomic E-state index is 0.209. The molecule has 2 N–H and O–H groups in total. The summed E-state index contributed by atoms with van der Waals surface area (Å²) in [7, 11) is 0. The van der Waals surface area contributed by atoms with E-state index in [1.807, 2.05) is 0 Å². The van der Waals surface area contributed by atoms with Gasteiger partial charge in [-0.05, 0) is 25.0 Å². The Morgan fingerprint density at radius 2 is 2.00 bits per heavy atom. The van der Waals surface area contributed by atoms with Gasteiger partial charge in [0.15, 0.2) is 0 Å². The van der Waals surface area contributed by atoms with E-state index in [1.165, 1.54) is 19.3 Å². The predicted molar refractivity (Wildman–Crippen MR) is 72.3 cm³/mol. The van der Waals surface area contributed by atoms with Crippen LogP contribution in [0.2, 0.25) is 0 Å². The molecule has 1 aromatic carbocycles. The molecule has 1 aliphatic heterocycles. The Labute approximate surface area is 113 Å². The van der Waals surface area contributed by atoms with Gasteiger partial charge in [0.25, 0.3) is 0 Å². The van der Waals surface area contributed by atoms with Crippen LogP contribution >= 0.6 is 0 Å². The monoisotopic (exact) mass is 264 g/mol. The number of carboxylic acids is 1. The van der Waals surface area contributed by atoms with Crippen molar-refractivity contribution in [2.75, 3.05) is 26.2 Å². The van der Waals surface area contributed by atoms with Crippen molar-refractivity contribution in [3.63, 3.8) is 0 Å². The number of para-hydroxylation sites is 1. The predicted octanol–water partition coefficient (Wildman–Crippen LogP) is 1.75. The molecule has 0 bridgehead atoms. The highest BCUT2D eigenvalue weighted by atomic mass is 16.5. The SMILES string of the molecule is O=C(O)c1ccccc1OCCNN1CCCCC1. The summed E-state index contributed by atoms with van der Waals surface area (Å²) in [5.41, 5.74) is 3.51. The van der Waals surface area contributed by atoms with Crippen molar-refractivity contribution in [3.8, 4) is 5.75 Å². The van der Waals surface area contributed by atoms with Gasteiger partial charge in [0.05, 0.1) is 0 Å². The standard InChI is InChI=1S/C14H20N2O3/c17-14(18)12-6-2-3-7-13(12)19-11-8-15-16-9-4-1-5-10-16/h2-3,6-7,15H,1,4-5,8-11H2,(H,17,18). The molecule has 104 valence electrons. The first-order valence-corrected chi connectivity index (χ1v) is 6.71. The van der Waals surface area contributed by atoms with Crippen LogP contribution in [0.3, 0.4) is 0 Å². The molecule has 0 unspecified atom stereocenters. The minimum Gasteiger partial charge on any atom is -0.491 e. The molecule has 0 spiro atoms. The van der Waals surface area contributed by atoms with E-state index in [-0.39, 0.29) is 5.56 Å². The molecule has 19 heavy (non-hydrogen) atoms. The topological polar surface area (TPSA) is 61.8 Å². The highest BCUT2D eigenvalue weighted by Gasteiger charge is 2.11. The van der Waals surface area contributed by atoms with Gasteiger partial charge in [-0.15, -0.1) is 0 Å². The lowest BCUT2D eigenvalue weighted by atomic mass is 10.2. The summed E-state index contributed by atoms with van der Waals surface area (Å²) in [4.78, 5) is 11.0. The van der Waals surface area contributed by atoms with E-state index >= 15 is 0 Å². The van der Waals surface area contributed by atoms with Gasteiger partial charge in [0.1, 0.15) is 17.9 Å². The molecule has 1 fully saturated rings.